The minimum atomic E-state index is -0.131. The molecule has 2 atom stereocenters. The van der Waals surface area contributed by atoms with E-state index in [4.69, 9.17) is 4.74 Å². The number of hydrogen-bond donors (Lipinski definition) is 2. The van der Waals surface area contributed by atoms with E-state index >= 15 is 0 Å². The van der Waals surface area contributed by atoms with E-state index in [1.165, 1.54) is 0 Å². The zero-order valence-electron chi connectivity index (χ0n) is 18.0. The van der Waals surface area contributed by atoms with Gasteiger partial charge in [0.15, 0.2) is 0 Å². The van der Waals surface area contributed by atoms with Gasteiger partial charge in [0, 0.05) is 25.3 Å². The van der Waals surface area contributed by atoms with Gasteiger partial charge in [-0.15, -0.1) is 0 Å². The van der Waals surface area contributed by atoms with Crippen LogP contribution < -0.4 is 15.4 Å². The van der Waals surface area contributed by atoms with E-state index in [1.807, 2.05) is 53.4 Å². The highest BCUT2D eigenvalue weighted by atomic mass is 16.5. The third-order valence-electron chi connectivity index (χ3n) is 5.40. The van der Waals surface area contributed by atoms with Gasteiger partial charge in [-0.2, -0.15) is 0 Å². The van der Waals surface area contributed by atoms with Gasteiger partial charge < -0.3 is 20.3 Å². The standard InChI is InChI=1S/C24H31N3O3/c1-17-12-18(2)16-27(15-17)24(29)21-6-4-5-7-22(21)25-14-23(28)26-13-19-8-10-20(30-3)11-9-19/h4-11,17-18,25H,12-16H2,1-3H3,(H,26,28). The molecule has 2 aromatic rings. The number of carbonyl (C=O) groups is 2. The molecule has 1 fully saturated rings. The average Bonchev–Trinajstić information content (AvgIpc) is 2.75. The molecule has 6 nitrogen and oxygen atoms in total. The number of amides is 2. The predicted molar refractivity (Wildman–Crippen MR) is 119 cm³/mol. The lowest BCUT2D eigenvalue weighted by Crippen LogP contribution is -2.42. The smallest absolute Gasteiger partial charge is 0.255 e. The van der Waals surface area contributed by atoms with Gasteiger partial charge in [-0.25, -0.2) is 0 Å². The Morgan fingerprint density at radius 1 is 1.03 bits per heavy atom. The Bertz CT molecular complexity index is 856. The Labute approximate surface area is 178 Å². The zero-order chi connectivity index (χ0) is 21.5. The number of benzene rings is 2. The lowest BCUT2D eigenvalue weighted by atomic mass is 9.91. The minimum absolute atomic E-state index is 0.0233. The van der Waals surface area contributed by atoms with E-state index in [0.29, 0.717) is 29.6 Å². The van der Waals surface area contributed by atoms with Crippen LogP contribution in [0.2, 0.25) is 0 Å². The Kier molecular flexibility index (Phi) is 7.33. The lowest BCUT2D eigenvalue weighted by molar-refractivity contribution is -0.119. The molecule has 0 saturated carbocycles. The molecule has 2 unspecified atom stereocenters. The number of ether oxygens (including phenoxy) is 1. The van der Waals surface area contributed by atoms with Crippen molar-refractivity contribution < 1.29 is 14.3 Å². The summed E-state index contributed by atoms with van der Waals surface area (Å²) in [5.74, 6) is 1.68. The molecule has 0 bridgehead atoms. The van der Waals surface area contributed by atoms with Gasteiger partial charge in [-0.05, 0) is 48.1 Å². The molecule has 0 radical (unpaired) electrons. The van der Waals surface area contributed by atoms with E-state index < -0.39 is 0 Å². The van der Waals surface area contributed by atoms with Crippen LogP contribution in [0.15, 0.2) is 48.5 Å². The fourth-order valence-corrected chi connectivity index (χ4v) is 4.00. The van der Waals surface area contributed by atoms with Crippen molar-refractivity contribution >= 4 is 17.5 Å². The van der Waals surface area contributed by atoms with Crippen molar-refractivity contribution in [3.63, 3.8) is 0 Å². The van der Waals surface area contributed by atoms with Crippen LogP contribution in [0.25, 0.3) is 0 Å². The van der Waals surface area contributed by atoms with Crippen LogP contribution in [-0.2, 0) is 11.3 Å². The maximum absolute atomic E-state index is 13.1. The number of methoxy groups -OCH3 is 1. The highest BCUT2D eigenvalue weighted by Crippen LogP contribution is 2.25. The molecule has 0 aromatic heterocycles. The second kappa shape index (κ2) is 10.1. The summed E-state index contributed by atoms with van der Waals surface area (Å²) in [7, 11) is 1.62. The fraction of sp³-hybridized carbons (Fsp3) is 0.417. The number of likely N-dealkylation sites (tertiary alicyclic amines) is 1. The fourth-order valence-electron chi connectivity index (χ4n) is 4.00. The first-order valence-corrected chi connectivity index (χ1v) is 10.5. The predicted octanol–water partition coefficient (Wildman–Crippen LogP) is 3.54. The monoisotopic (exact) mass is 409 g/mol. The van der Waals surface area contributed by atoms with E-state index in [-0.39, 0.29) is 18.4 Å². The SMILES string of the molecule is COc1ccc(CNC(=O)CNc2ccccc2C(=O)N2CC(C)CC(C)C2)cc1. The summed E-state index contributed by atoms with van der Waals surface area (Å²) in [6, 6.07) is 15.0. The molecule has 1 saturated heterocycles. The van der Waals surface area contributed by atoms with Crippen molar-refractivity contribution in [1.82, 2.24) is 10.2 Å². The first-order valence-electron chi connectivity index (χ1n) is 10.5. The number of carbonyl (C=O) groups excluding carboxylic acids is 2. The molecule has 3 rings (SSSR count). The summed E-state index contributed by atoms with van der Waals surface area (Å²) in [6.45, 7) is 6.47. The highest BCUT2D eigenvalue weighted by molar-refractivity contribution is 6.00. The van der Waals surface area contributed by atoms with Crippen LogP contribution in [0, 0.1) is 11.8 Å². The number of piperidine rings is 1. The molecular formula is C24H31N3O3. The number of para-hydroxylation sites is 1. The van der Waals surface area contributed by atoms with Crippen LogP contribution in [-0.4, -0.2) is 43.5 Å². The van der Waals surface area contributed by atoms with Gasteiger partial charge in [-0.1, -0.05) is 38.1 Å². The number of nitrogens with one attached hydrogen (secondary N) is 2. The van der Waals surface area contributed by atoms with Crippen molar-refractivity contribution in [2.75, 3.05) is 32.1 Å². The van der Waals surface area contributed by atoms with Gasteiger partial charge >= 0.3 is 0 Å². The topological polar surface area (TPSA) is 70.7 Å². The van der Waals surface area contributed by atoms with E-state index in [1.54, 1.807) is 7.11 Å². The number of nitrogens with zero attached hydrogens (tertiary/aromatic N) is 1. The van der Waals surface area contributed by atoms with Crippen molar-refractivity contribution in [3.05, 3.63) is 59.7 Å². The highest BCUT2D eigenvalue weighted by Gasteiger charge is 2.27. The third kappa shape index (κ3) is 5.75. The van der Waals surface area contributed by atoms with Gasteiger partial charge in [0.2, 0.25) is 5.91 Å². The molecule has 2 N–H and O–H groups in total. The molecule has 0 aliphatic carbocycles. The van der Waals surface area contributed by atoms with E-state index in [0.717, 1.165) is 30.8 Å². The van der Waals surface area contributed by atoms with Crippen LogP contribution in [0.1, 0.15) is 36.2 Å². The molecule has 0 spiro atoms. The van der Waals surface area contributed by atoms with Crippen LogP contribution >= 0.6 is 0 Å². The number of hydrogen-bond acceptors (Lipinski definition) is 4. The minimum Gasteiger partial charge on any atom is -0.497 e. The summed E-state index contributed by atoms with van der Waals surface area (Å²) >= 11 is 0. The van der Waals surface area contributed by atoms with Gasteiger partial charge in [0.1, 0.15) is 5.75 Å². The molecule has 2 amide bonds. The molecule has 1 aliphatic rings. The van der Waals surface area contributed by atoms with E-state index in [9.17, 15) is 9.59 Å². The van der Waals surface area contributed by atoms with Crippen molar-refractivity contribution in [2.45, 2.75) is 26.8 Å². The molecule has 30 heavy (non-hydrogen) atoms. The first kappa shape index (κ1) is 21.7. The molecule has 1 aliphatic heterocycles. The number of anilines is 1. The summed E-state index contributed by atoms with van der Waals surface area (Å²) in [5.41, 5.74) is 2.29. The second-order valence-corrected chi connectivity index (χ2v) is 8.18. The average molecular weight is 410 g/mol. The zero-order valence-corrected chi connectivity index (χ0v) is 18.0. The molecule has 160 valence electrons. The van der Waals surface area contributed by atoms with Crippen LogP contribution in [0.4, 0.5) is 5.69 Å². The summed E-state index contributed by atoms with van der Waals surface area (Å²) < 4.78 is 5.14. The third-order valence-corrected chi connectivity index (χ3v) is 5.40. The normalized spacial score (nSPS) is 18.6. The van der Waals surface area contributed by atoms with E-state index in [2.05, 4.69) is 24.5 Å². The maximum Gasteiger partial charge on any atom is 0.255 e. The molecular weight excluding hydrogens is 378 g/mol. The van der Waals surface area contributed by atoms with Gasteiger partial charge in [0.05, 0.1) is 19.2 Å². The van der Waals surface area contributed by atoms with Gasteiger partial charge in [0.25, 0.3) is 5.91 Å². The molecule has 1 heterocycles. The summed E-state index contributed by atoms with van der Waals surface area (Å²) in [5, 5.41) is 6.02. The van der Waals surface area contributed by atoms with Crippen molar-refractivity contribution in [3.8, 4) is 5.75 Å². The first-order chi connectivity index (χ1) is 14.5. The largest absolute Gasteiger partial charge is 0.497 e. The van der Waals surface area contributed by atoms with Crippen LogP contribution in [0.3, 0.4) is 0 Å². The second-order valence-electron chi connectivity index (χ2n) is 8.18. The summed E-state index contributed by atoms with van der Waals surface area (Å²) in [4.78, 5) is 27.3. The van der Waals surface area contributed by atoms with Crippen molar-refractivity contribution in [1.29, 1.82) is 0 Å². The lowest BCUT2D eigenvalue weighted by Gasteiger charge is -2.35. The Balaban J connectivity index is 1.56. The van der Waals surface area contributed by atoms with Crippen LogP contribution in [0.5, 0.6) is 5.75 Å². The van der Waals surface area contributed by atoms with Gasteiger partial charge in [-0.3, -0.25) is 9.59 Å². The maximum atomic E-state index is 13.1. The molecule has 2 aromatic carbocycles. The Morgan fingerprint density at radius 3 is 2.37 bits per heavy atom. The summed E-state index contributed by atoms with van der Waals surface area (Å²) in [6.07, 6.45) is 1.15. The Hall–Kier alpha value is -3.02. The Morgan fingerprint density at radius 2 is 1.70 bits per heavy atom. The quantitative estimate of drug-likeness (QED) is 0.734. The van der Waals surface area contributed by atoms with Crippen molar-refractivity contribution in [2.24, 2.45) is 11.8 Å². The molecule has 6 heteroatoms. The number of rotatable bonds is 7.